The van der Waals surface area contributed by atoms with E-state index in [4.69, 9.17) is 16.3 Å². The highest BCUT2D eigenvalue weighted by molar-refractivity contribution is 7.99. The van der Waals surface area contributed by atoms with E-state index in [1.54, 1.807) is 19.2 Å². The van der Waals surface area contributed by atoms with Gasteiger partial charge in [0.2, 0.25) is 0 Å². The maximum atomic E-state index is 13.1. The second kappa shape index (κ2) is 9.32. The molecule has 0 spiro atoms. The molecule has 0 fully saturated rings. The molecule has 0 saturated carbocycles. The Balaban J connectivity index is 1.67. The zero-order valence-corrected chi connectivity index (χ0v) is 18.0. The fourth-order valence-corrected chi connectivity index (χ4v) is 3.93. The molecule has 31 heavy (non-hydrogen) atoms. The Morgan fingerprint density at radius 2 is 1.68 bits per heavy atom. The highest BCUT2D eigenvalue weighted by Gasteiger charge is 2.18. The lowest BCUT2D eigenvalue weighted by Crippen LogP contribution is -2.05. The summed E-state index contributed by atoms with van der Waals surface area (Å²) in [6.07, 6.45) is 0. The van der Waals surface area contributed by atoms with Gasteiger partial charge < -0.3 is 4.74 Å². The maximum Gasteiger partial charge on any atom is 0.196 e. The molecule has 4 aromatic rings. The number of ether oxygens (including phenoxy) is 1. The van der Waals surface area contributed by atoms with E-state index in [1.165, 1.54) is 36.0 Å². The summed E-state index contributed by atoms with van der Waals surface area (Å²) in [5, 5.41) is 9.85. The van der Waals surface area contributed by atoms with Crippen molar-refractivity contribution in [3.8, 4) is 22.8 Å². The van der Waals surface area contributed by atoms with Gasteiger partial charge in [-0.05, 0) is 72.8 Å². The SMILES string of the molecule is COc1ccc(-n2c(SCC(=O)c3ccc(F)cc3)nnc2-c2ccc(Cl)cc2)cc1. The number of carbonyl (C=O) groups is 1. The van der Waals surface area contributed by atoms with Crippen molar-refractivity contribution >= 4 is 29.1 Å². The fraction of sp³-hybridized carbons (Fsp3) is 0.0870. The van der Waals surface area contributed by atoms with Crippen molar-refractivity contribution in [1.82, 2.24) is 14.8 Å². The predicted octanol–water partition coefficient (Wildman–Crippen LogP) is 5.71. The van der Waals surface area contributed by atoms with E-state index in [1.807, 2.05) is 41.0 Å². The summed E-state index contributed by atoms with van der Waals surface area (Å²) in [5.41, 5.74) is 2.11. The number of rotatable bonds is 7. The highest BCUT2D eigenvalue weighted by atomic mass is 35.5. The first-order valence-corrected chi connectivity index (χ1v) is 10.7. The zero-order valence-electron chi connectivity index (χ0n) is 16.5. The topological polar surface area (TPSA) is 57.0 Å². The molecule has 1 heterocycles. The van der Waals surface area contributed by atoms with Gasteiger partial charge in [-0.3, -0.25) is 9.36 Å². The quantitative estimate of drug-likeness (QED) is 0.265. The molecule has 0 aliphatic carbocycles. The van der Waals surface area contributed by atoms with Gasteiger partial charge in [-0.15, -0.1) is 10.2 Å². The van der Waals surface area contributed by atoms with Crippen molar-refractivity contribution < 1.29 is 13.9 Å². The van der Waals surface area contributed by atoms with Crippen LogP contribution in [-0.2, 0) is 0 Å². The van der Waals surface area contributed by atoms with Gasteiger partial charge in [0.05, 0.1) is 12.9 Å². The van der Waals surface area contributed by atoms with E-state index >= 15 is 0 Å². The van der Waals surface area contributed by atoms with Gasteiger partial charge >= 0.3 is 0 Å². The molecule has 0 aliphatic heterocycles. The van der Waals surface area contributed by atoms with Crippen LogP contribution in [0.2, 0.25) is 5.02 Å². The average molecular weight is 454 g/mol. The molecule has 5 nitrogen and oxygen atoms in total. The Hall–Kier alpha value is -3.16. The molecule has 1 aromatic heterocycles. The monoisotopic (exact) mass is 453 g/mol. The first-order valence-electron chi connectivity index (χ1n) is 9.32. The minimum atomic E-state index is -0.379. The van der Waals surface area contributed by atoms with E-state index in [2.05, 4.69) is 10.2 Å². The Morgan fingerprint density at radius 3 is 2.32 bits per heavy atom. The number of hydrogen-bond acceptors (Lipinski definition) is 5. The van der Waals surface area contributed by atoms with Gasteiger partial charge in [-0.1, -0.05) is 23.4 Å². The lowest BCUT2D eigenvalue weighted by molar-refractivity contribution is 0.102. The molecule has 0 radical (unpaired) electrons. The Kier molecular flexibility index (Phi) is 6.34. The first kappa shape index (κ1) is 21.1. The van der Waals surface area contributed by atoms with Crippen molar-refractivity contribution in [3.63, 3.8) is 0 Å². The lowest BCUT2D eigenvalue weighted by Gasteiger charge is -2.11. The van der Waals surface area contributed by atoms with Crippen LogP contribution in [0.25, 0.3) is 17.1 Å². The van der Waals surface area contributed by atoms with Crippen LogP contribution in [-0.4, -0.2) is 33.4 Å². The molecule has 0 saturated heterocycles. The smallest absolute Gasteiger partial charge is 0.196 e. The van der Waals surface area contributed by atoms with E-state index in [-0.39, 0.29) is 17.4 Å². The summed E-state index contributed by atoms with van der Waals surface area (Å²) in [4.78, 5) is 12.5. The minimum absolute atomic E-state index is 0.123. The second-order valence-electron chi connectivity index (χ2n) is 6.57. The van der Waals surface area contributed by atoms with Crippen LogP contribution in [0.15, 0.2) is 78.0 Å². The van der Waals surface area contributed by atoms with E-state index in [0.29, 0.717) is 21.6 Å². The Labute approximate surface area is 187 Å². The molecular formula is C23H17ClFN3O2S. The predicted molar refractivity (Wildman–Crippen MR) is 120 cm³/mol. The lowest BCUT2D eigenvalue weighted by atomic mass is 10.1. The van der Waals surface area contributed by atoms with Crippen LogP contribution in [0, 0.1) is 5.82 Å². The molecule has 0 N–H and O–H groups in total. The molecule has 3 aromatic carbocycles. The van der Waals surface area contributed by atoms with Gasteiger partial charge in [0, 0.05) is 21.8 Å². The summed E-state index contributed by atoms with van der Waals surface area (Å²) in [6.45, 7) is 0. The number of ketones is 1. The summed E-state index contributed by atoms with van der Waals surface area (Å²) < 4.78 is 20.3. The van der Waals surface area contributed by atoms with E-state index in [0.717, 1.165) is 17.0 Å². The number of nitrogens with zero attached hydrogens (tertiary/aromatic N) is 3. The van der Waals surface area contributed by atoms with Crippen LogP contribution in [0.3, 0.4) is 0 Å². The number of Topliss-reactive ketones (excluding diaryl/α,β-unsaturated/α-hetero) is 1. The van der Waals surface area contributed by atoms with Gasteiger partial charge in [0.1, 0.15) is 11.6 Å². The van der Waals surface area contributed by atoms with Crippen LogP contribution in [0.5, 0.6) is 5.75 Å². The number of halogens is 2. The van der Waals surface area contributed by atoms with E-state index in [9.17, 15) is 9.18 Å². The first-order chi connectivity index (χ1) is 15.0. The third-order valence-electron chi connectivity index (χ3n) is 4.56. The summed E-state index contributed by atoms with van der Waals surface area (Å²) in [5.74, 6) is 0.989. The van der Waals surface area contributed by atoms with Crippen molar-refractivity contribution in [2.24, 2.45) is 0 Å². The zero-order chi connectivity index (χ0) is 21.8. The molecule has 8 heteroatoms. The number of benzene rings is 3. The van der Waals surface area contributed by atoms with Gasteiger partial charge in [-0.2, -0.15) is 0 Å². The van der Waals surface area contributed by atoms with Crippen LogP contribution >= 0.6 is 23.4 Å². The average Bonchev–Trinajstić information content (AvgIpc) is 3.22. The summed E-state index contributed by atoms with van der Waals surface area (Å²) in [6, 6.07) is 20.3. The molecule has 0 atom stereocenters. The molecule has 156 valence electrons. The Morgan fingerprint density at radius 1 is 1.00 bits per heavy atom. The van der Waals surface area contributed by atoms with Gasteiger partial charge in [0.15, 0.2) is 16.8 Å². The third-order valence-corrected chi connectivity index (χ3v) is 5.75. The van der Waals surface area contributed by atoms with Crippen molar-refractivity contribution in [2.75, 3.05) is 12.9 Å². The largest absolute Gasteiger partial charge is 0.497 e. The van der Waals surface area contributed by atoms with Gasteiger partial charge in [0.25, 0.3) is 0 Å². The van der Waals surface area contributed by atoms with Gasteiger partial charge in [-0.25, -0.2) is 4.39 Å². The molecule has 0 bridgehead atoms. The highest BCUT2D eigenvalue weighted by Crippen LogP contribution is 2.30. The molecule has 0 amide bonds. The van der Waals surface area contributed by atoms with Crippen molar-refractivity contribution in [3.05, 3.63) is 89.2 Å². The fourth-order valence-electron chi connectivity index (χ4n) is 2.96. The number of methoxy groups -OCH3 is 1. The Bertz CT molecular complexity index is 1190. The van der Waals surface area contributed by atoms with E-state index < -0.39 is 0 Å². The minimum Gasteiger partial charge on any atom is -0.497 e. The normalized spacial score (nSPS) is 10.8. The second-order valence-corrected chi connectivity index (χ2v) is 7.94. The maximum absolute atomic E-state index is 13.1. The van der Waals surface area contributed by atoms with Crippen LogP contribution < -0.4 is 4.74 Å². The molecular weight excluding hydrogens is 437 g/mol. The van der Waals surface area contributed by atoms with Crippen molar-refractivity contribution in [2.45, 2.75) is 5.16 Å². The standard InChI is InChI=1S/C23H17ClFN3O2S/c1-30-20-12-10-19(11-13-20)28-22(16-2-6-17(24)7-3-16)26-27-23(28)31-14-21(29)15-4-8-18(25)9-5-15/h2-13H,14H2,1H3. The van der Waals surface area contributed by atoms with Crippen molar-refractivity contribution in [1.29, 1.82) is 0 Å². The number of carbonyl (C=O) groups excluding carboxylic acids is 1. The molecule has 0 aliphatic rings. The molecule has 4 rings (SSSR count). The van der Waals surface area contributed by atoms with Crippen LogP contribution in [0.4, 0.5) is 4.39 Å². The molecule has 0 unspecified atom stereocenters. The number of aromatic nitrogens is 3. The summed E-state index contributed by atoms with van der Waals surface area (Å²) in [7, 11) is 1.61. The number of hydrogen-bond donors (Lipinski definition) is 0. The number of thioether (sulfide) groups is 1. The summed E-state index contributed by atoms with van der Waals surface area (Å²) >= 11 is 7.29. The van der Waals surface area contributed by atoms with Crippen LogP contribution in [0.1, 0.15) is 10.4 Å². The third kappa shape index (κ3) is 4.78.